The van der Waals surface area contributed by atoms with Crippen LogP contribution in [0.25, 0.3) is 0 Å². The van der Waals surface area contributed by atoms with E-state index in [4.69, 9.17) is 14.6 Å². The van der Waals surface area contributed by atoms with E-state index in [1.807, 2.05) is 24.3 Å². The van der Waals surface area contributed by atoms with Gasteiger partial charge in [-0.05, 0) is 44.0 Å². The van der Waals surface area contributed by atoms with Crippen LogP contribution in [-0.4, -0.2) is 48.9 Å². The molecule has 116 valence electrons. The number of carbonyl (C=O) groups is 1. The normalized spacial score (nSPS) is 18.7. The van der Waals surface area contributed by atoms with Crippen molar-refractivity contribution in [3.8, 4) is 5.75 Å². The van der Waals surface area contributed by atoms with Gasteiger partial charge in [0.25, 0.3) is 0 Å². The number of carboxylic acid groups (broad SMARTS) is 1. The molecular formula is C16H23NO4. The standard InChI is InChI=1S/C16H23NO4/c1-17(11-15-4-2-3-9-20-15)10-13-5-7-14(8-6-13)21-12-16(18)19/h5-8,15H,2-4,9-12H2,1H3,(H,18,19). The van der Waals surface area contributed by atoms with E-state index < -0.39 is 5.97 Å². The molecule has 0 aromatic heterocycles. The van der Waals surface area contributed by atoms with Gasteiger partial charge in [0.1, 0.15) is 5.75 Å². The molecule has 1 atom stereocenters. The fourth-order valence-corrected chi connectivity index (χ4v) is 2.51. The number of aliphatic carboxylic acids is 1. The molecule has 1 aromatic carbocycles. The highest BCUT2D eigenvalue weighted by atomic mass is 16.5. The van der Waals surface area contributed by atoms with Crippen molar-refractivity contribution in [2.75, 3.05) is 26.8 Å². The van der Waals surface area contributed by atoms with E-state index in [1.54, 1.807) is 0 Å². The Balaban J connectivity index is 1.77. The summed E-state index contributed by atoms with van der Waals surface area (Å²) in [6.07, 6.45) is 3.93. The van der Waals surface area contributed by atoms with Crippen molar-refractivity contribution in [3.63, 3.8) is 0 Å². The van der Waals surface area contributed by atoms with Crippen LogP contribution in [0, 0.1) is 0 Å². The van der Waals surface area contributed by atoms with Gasteiger partial charge in [-0.3, -0.25) is 4.90 Å². The van der Waals surface area contributed by atoms with Crippen molar-refractivity contribution in [2.45, 2.75) is 31.9 Å². The lowest BCUT2D eigenvalue weighted by Crippen LogP contribution is -2.33. The van der Waals surface area contributed by atoms with E-state index in [1.165, 1.54) is 18.4 Å². The number of hydrogen-bond acceptors (Lipinski definition) is 4. The summed E-state index contributed by atoms with van der Waals surface area (Å²) in [6, 6.07) is 7.55. The van der Waals surface area contributed by atoms with Gasteiger partial charge in [-0.1, -0.05) is 12.1 Å². The Hall–Kier alpha value is -1.59. The lowest BCUT2D eigenvalue weighted by Gasteiger charge is -2.27. The SMILES string of the molecule is CN(Cc1ccc(OCC(=O)O)cc1)CC1CCCCO1. The third-order valence-corrected chi connectivity index (χ3v) is 3.53. The first-order valence-electron chi connectivity index (χ1n) is 7.37. The molecule has 0 spiro atoms. The molecule has 1 aromatic rings. The lowest BCUT2D eigenvalue weighted by molar-refractivity contribution is -0.139. The topological polar surface area (TPSA) is 59.0 Å². The summed E-state index contributed by atoms with van der Waals surface area (Å²) < 4.78 is 10.9. The van der Waals surface area contributed by atoms with Crippen molar-refractivity contribution in [3.05, 3.63) is 29.8 Å². The molecule has 1 heterocycles. The molecule has 0 radical (unpaired) electrons. The molecule has 1 saturated heterocycles. The molecule has 2 rings (SSSR count). The summed E-state index contributed by atoms with van der Waals surface area (Å²) in [5, 5.41) is 8.56. The monoisotopic (exact) mass is 293 g/mol. The highest BCUT2D eigenvalue weighted by molar-refractivity contribution is 5.68. The molecule has 1 N–H and O–H groups in total. The number of likely N-dealkylation sites (N-methyl/N-ethyl adjacent to an activating group) is 1. The highest BCUT2D eigenvalue weighted by Gasteiger charge is 2.15. The molecule has 5 heteroatoms. The minimum Gasteiger partial charge on any atom is -0.482 e. The number of carboxylic acids is 1. The maximum Gasteiger partial charge on any atom is 0.341 e. The van der Waals surface area contributed by atoms with Gasteiger partial charge in [-0.2, -0.15) is 0 Å². The van der Waals surface area contributed by atoms with E-state index in [-0.39, 0.29) is 6.61 Å². The lowest BCUT2D eigenvalue weighted by atomic mass is 10.1. The van der Waals surface area contributed by atoms with Crippen LogP contribution in [0.4, 0.5) is 0 Å². The first kappa shape index (κ1) is 15.8. The van der Waals surface area contributed by atoms with Crippen molar-refractivity contribution >= 4 is 5.97 Å². The van der Waals surface area contributed by atoms with E-state index >= 15 is 0 Å². The Morgan fingerprint density at radius 1 is 1.38 bits per heavy atom. The Bertz CT molecular complexity index is 440. The number of nitrogens with zero attached hydrogens (tertiary/aromatic N) is 1. The molecule has 1 aliphatic rings. The van der Waals surface area contributed by atoms with Crippen LogP contribution in [0.2, 0.25) is 0 Å². The van der Waals surface area contributed by atoms with Crippen molar-refractivity contribution in [1.29, 1.82) is 0 Å². The number of ether oxygens (including phenoxy) is 2. The molecule has 0 amide bonds. The number of hydrogen-bond donors (Lipinski definition) is 1. The first-order chi connectivity index (χ1) is 10.1. The molecule has 1 aliphatic heterocycles. The molecule has 0 aliphatic carbocycles. The zero-order chi connectivity index (χ0) is 15.1. The second-order valence-corrected chi connectivity index (χ2v) is 5.51. The summed E-state index contributed by atoms with van der Waals surface area (Å²) in [7, 11) is 2.09. The summed E-state index contributed by atoms with van der Waals surface area (Å²) in [5.41, 5.74) is 1.18. The molecule has 0 bridgehead atoms. The predicted octanol–water partition coefficient (Wildman–Crippen LogP) is 2.15. The Labute approximate surface area is 125 Å². The van der Waals surface area contributed by atoms with E-state index in [0.29, 0.717) is 11.9 Å². The smallest absolute Gasteiger partial charge is 0.341 e. The maximum atomic E-state index is 10.4. The second-order valence-electron chi connectivity index (χ2n) is 5.51. The van der Waals surface area contributed by atoms with Gasteiger partial charge in [-0.15, -0.1) is 0 Å². The first-order valence-corrected chi connectivity index (χ1v) is 7.37. The Kier molecular flexibility index (Phi) is 6.02. The molecule has 0 saturated carbocycles. The largest absolute Gasteiger partial charge is 0.482 e. The Morgan fingerprint density at radius 3 is 2.76 bits per heavy atom. The number of benzene rings is 1. The van der Waals surface area contributed by atoms with Gasteiger partial charge in [0, 0.05) is 19.7 Å². The van der Waals surface area contributed by atoms with Gasteiger partial charge < -0.3 is 14.6 Å². The third kappa shape index (κ3) is 5.73. The van der Waals surface area contributed by atoms with Gasteiger partial charge >= 0.3 is 5.97 Å². The maximum absolute atomic E-state index is 10.4. The van der Waals surface area contributed by atoms with Gasteiger partial charge in [0.15, 0.2) is 6.61 Å². The second kappa shape index (κ2) is 8.00. The minimum atomic E-state index is -0.966. The van der Waals surface area contributed by atoms with Crippen LogP contribution in [0.15, 0.2) is 24.3 Å². The predicted molar refractivity (Wildman–Crippen MR) is 79.5 cm³/mol. The zero-order valence-corrected chi connectivity index (χ0v) is 12.5. The van der Waals surface area contributed by atoms with E-state index in [9.17, 15) is 4.79 Å². The summed E-state index contributed by atoms with van der Waals surface area (Å²) in [6.45, 7) is 2.36. The Morgan fingerprint density at radius 2 is 2.14 bits per heavy atom. The third-order valence-electron chi connectivity index (χ3n) is 3.53. The van der Waals surface area contributed by atoms with Gasteiger partial charge in [-0.25, -0.2) is 4.79 Å². The summed E-state index contributed by atoms with van der Waals surface area (Å²) in [5.74, 6) is -0.384. The minimum absolute atomic E-state index is 0.307. The summed E-state index contributed by atoms with van der Waals surface area (Å²) in [4.78, 5) is 12.7. The zero-order valence-electron chi connectivity index (χ0n) is 12.5. The average molecular weight is 293 g/mol. The van der Waals surface area contributed by atoms with Crippen LogP contribution in [0.5, 0.6) is 5.75 Å². The molecule has 5 nitrogen and oxygen atoms in total. The van der Waals surface area contributed by atoms with Crippen LogP contribution in [-0.2, 0) is 16.1 Å². The van der Waals surface area contributed by atoms with Crippen molar-refractivity contribution in [1.82, 2.24) is 4.90 Å². The van der Waals surface area contributed by atoms with Gasteiger partial charge in [0.2, 0.25) is 0 Å². The molecule has 1 unspecified atom stereocenters. The van der Waals surface area contributed by atoms with Crippen LogP contribution >= 0.6 is 0 Å². The van der Waals surface area contributed by atoms with E-state index in [2.05, 4.69) is 11.9 Å². The highest BCUT2D eigenvalue weighted by Crippen LogP contribution is 2.16. The summed E-state index contributed by atoms with van der Waals surface area (Å²) >= 11 is 0. The fraction of sp³-hybridized carbons (Fsp3) is 0.562. The fourth-order valence-electron chi connectivity index (χ4n) is 2.51. The van der Waals surface area contributed by atoms with E-state index in [0.717, 1.165) is 26.1 Å². The van der Waals surface area contributed by atoms with Crippen molar-refractivity contribution in [2.24, 2.45) is 0 Å². The quantitative estimate of drug-likeness (QED) is 0.834. The molecule has 21 heavy (non-hydrogen) atoms. The molecular weight excluding hydrogens is 270 g/mol. The van der Waals surface area contributed by atoms with Crippen LogP contribution < -0.4 is 4.74 Å². The average Bonchev–Trinajstić information content (AvgIpc) is 2.47. The van der Waals surface area contributed by atoms with Crippen molar-refractivity contribution < 1.29 is 19.4 Å². The van der Waals surface area contributed by atoms with Crippen LogP contribution in [0.3, 0.4) is 0 Å². The van der Waals surface area contributed by atoms with Gasteiger partial charge in [0.05, 0.1) is 6.10 Å². The number of rotatable bonds is 7. The molecule has 1 fully saturated rings. The van der Waals surface area contributed by atoms with Crippen LogP contribution in [0.1, 0.15) is 24.8 Å².